The molecule has 0 atom stereocenters. The van der Waals surface area contributed by atoms with Crippen LogP contribution in [0.25, 0.3) is 11.1 Å². The molecule has 2 saturated carbocycles. The van der Waals surface area contributed by atoms with Crippen LogP contribution in [0.5, 0.6) is 5.75 Å². The van der Waals surface area contributed by atoms with Crippen LogP contribution < -0.4 is 4.74 Å². The molecule has 2 aromatic carbocycles. The summed E-state index contributed by atoms with van der Waals surface area (Å²) in [6, 6.07) is 18.9. The zero-order valence-electron chi connectivity index (χ0n) is 16.2. The number of nitrogens with zero attached hydrogens (tertiary/aromatic N) is 1. The molecule has 0 spiro atoms. The number of ether oxygens (including phenoxy) is 2. The lowest BCUT2D eigenvalue weighted by molar-refractivity contribution is 0.0171. The summed E-state index contributed by atoms with van der Waals surface area (Å²) in [6.07, 6.45) is 8.59. The van der Waals surface area contributed by atoms with E-state index in [1.54, 1.807) is 0 Å². The third kappa shape index (κ3) is 3.43. The van der Waals surface area contributed by atoms with Crippen molar-refractivity contribution in [2.45, 2.75) is 50.9 Å². The Hall–Kier alpha value is -2.65. The summed E-state index contributed by atoms with van der Waals surface area (Å²) >= 11 is 0. The van der Waals surface area contributed by atoms with Crippen molar-refractivity contribution in [1.82, 2.24) is 4.98 Å². The van der Waals surface area contributed by atoms with E-state index in [4.69, 9.17) is 9.47 Å². The number of hydrogen-bond acceptors (Lipinski definition) is 3. The summed E-state index contributed by atoms with van der Waals surface area (Å²) in [5, 5.41) is 0. The number of aromatic nitrogens is 1. The maximum atomic E-state index is 6.51. The Morgan fingerprint density at radius 2 is 1.75 bits per heavy atom. The van der Waals surface area contributed by atoms with E-state index in [1.165, 1.54) is 22.3 Å². The van der Waals surface area contributed by atoms with Crippen molar-refractivity contribution in [2.24, 2.45) is 0 Å². The molecule has 3 aromatic rings. The Kier molecular flexibility index (Phi) is 4.40. The van der Waals surface area contributed by atoms with Crippen LogP contribution in [0.3, 0.4) is 0 Å². The molecule has 2 aliphatic rings. The number of benzene rings is 2. The number of para-hydroxylation sites is 1. The third-order valence-electron chi connectivity index (χ3n) is 5.78. The molecule has 1 aromatic heterocycles. The van der Waals surface area contributed by atoms with Crippen LogP contribution in [-0.4, -0.2) is 11.1 Å². The van der Waals surface area contributed by atoms with Gasteiger partial charge in [0.15, 0.2) is 0 Å². The number of hydrogen-bond donors (Lipinski definition) is 0. The highest BCUT2D eigenvalue weighted by Gasteiger charge is 2.47. The van der Waals surface area contributed by atoms with Crippen molar-refractivity contribution in [2.75, 3.05) is 0 Å². The molecule has 142 valence electrons. The fourth-order valence-corrected chi connectivity index (χ4v) is 3.74. The van der Waals surface area contributed by atoms with Gasteiger partial charge in [0.25, 0.3) is 0 Å². The SMILES string of the molecule is Cc1ccccc1COC1(c2cnccc2-c2ccccc2OC2CC2)CC1. The molecule has 28 heavy (non-hydrogen) atoms. The van der Waals surface area contributed by atoms with Gasteiger partial charge in [-0.25, -0.2) is 0 Å². The molecular formula is C25H25NO2. The molecule has 2 aliphatic carbocycles. The highest BCUT2D eigenvalue weighted by atomic mass is 16.5. The molecule has 0 saturated heterocycles. The molecule has 2 fully saturated rings. The lowest BCUT2D eigenvalue weighted by atomic mass is 9.96. The summed E-state index contributed by atoms with van der Waals surface area (Å²) in [5.41, 5.74) is 5.77. The normalized spacial score (nSPS) is 17.3. The van der Waals surface area contributed by atoms with Crippen molar-refractivity contribution in [1.29, 1.82) is 0 Å². The van der Waals surface area contributed by atoms with Gasteiger partial charge < -0.3 is 9.47 Å². The maximum absolute atomic E-state index is 6.51. The summed E-state index contributed by atoms with van der Waals surface area (Å²) < 4.78 is 12.7. The second-order valence-corrected chi connectivity index (χ2v) is 7.94. The lowest BCUT2D eigenvalue weighted by Gasteiger charge is -2.22. The molecule has 3 nitrogen and oxygen atoms in total. The van der Waals surface area contributed by atoms with E-state index in [0.717, 1.165) is 37.0 Å². The molecule has 0 aliphatic heterocycles. The summed E-state index contributed by atoms with van der Waals surface area (Å²) in [5.74, 6) is 0.965. The van der Waals surface area contributed by atoms with Crippen molar-refractivity contribution in [3.05, 3.63) is 83.7 Å². The highest BCUT2D eigenvalue weighted by Crippen LogP contribution is 2.53. The third-order valence-corrected chi connectivity index (χ3v) is 5.78. The first-order chi connectivity index (χ1) is 13.8. The van der Waals surface area contributed by atoms with Crippen LogP contribution in [0, 0.1) is 6.92 Å². The van der Waals surface area contributed by atoms with Gasteiger partial charge in [-0.3, -0.25) is 4.98 Å². The molecule has 0 unspecified atom stereocenters. The van der Waals surface area contributed by atoms with Crippen molar-refractivity contribution < 1.29 is 9.47 Å². The minimum atomic E-state index is -0.238. The van der Waals surface area contributed by atoms with Gasteiger partial charge in [0, 0.05) is 23.5 Å². The first-order valence-corrected chi connectivity index (χ1v) is 10.1. The van der Waals surface area contributed by atoms with E-state index in [-0.39, 0.29) is 5.60 Å². The average Bonchev–Trinajstić information content (AvgIpc) is 3.65. The average molecular weight is 371 g/mol. The fraction of sp³-hybridized carbons (Fsp3) is 0.320. The van der Waals surface area contributed by atoms with E-state index in [9.17, 15) is 0 Å². The van der Waals surface area contributed by atoms with Gasteiger partial charge in [-0.2, -0.15) is 0 Å². The fourth-order valence-electron chi connectivity index (χ4n) is 3.74. The molecule has 1 heterocycles. The number of aryl methyl sites for hydroxylation is 1. The van der Waals surface area contributed by atoms with Crippen LogP contribution in [-0.2, 0) is 16.9 Å². The van der Waals surface area contributed by atoms with Crippen LogP contribution in [0.1, 0.15) is 42.4 Å². The zero-order chi connectivity index (χ0) is 19.0. The van der Waals surface area contributed by atoms with Gasteiger partial charge in [0.1, 0.15) is 5.75 Å². The molecule has 5 rings (SSSR count). The van der Waals surface area contributed by atoms with Crippen LogP contribution >= 0.6 is 0 Å². The highest BCUT2D eigenvalue weighted by molar-refractivity contribution is 5.74. The maximum Gasteiger partial charge on any atom is 0.127 e. The van der Waals surface area contributed by atoms with E-state index >= 15 is 0 Å². The minimum absolute atomic E-state index is 0.238. The number of pyridine rings is 1. The van der Waals surface area contributed by atoms with Crippen LogP contribution in [0.2, 0.25) is 0 Å². The van der Waals surface area contributed by atoms with Gasteiger partial charge >= 0.3 is 0 Å². The minimum Gasteiger partial charge on any atom is -0.490 e. The Morgan fingerprint density at radius 3 is 2.54 bits per heavy atom. The van der Waals surface area contributed by atoms with Gasteiger partial charge in [0.2, 0.25) is 0 Å². The zero-order valence-corrected chi connectivity index (χ0v) is 16.2. The lowest BCUT2D eigenvalue weighted by Crippen LogP contribution is -2.14. The summed E-state index contributed by atoms with van der Waals surface area (Å²) in [7, 11) is 0. The Morgan fingerprint density at radius 1 is 0.964 bits per heavy atom. The molecule has 0 amide bonds. The predicted molar refractivity (Wildman–Crippen MR) is 110 cm³/mol. The van der Waals surface area contributed by atoms with Crippen molar-refractivity contribution >= 4 is 0 Å². The first-order valence-electron chi connectivity index (χ1n) is 10.1. The largest absolute Gasteiger partial charge is 0.490 e. The molecule has 3 heteroatoms. The summed E-state index contributed by atoms with van der Waals surface area (Å²) in [6.45, 7) is 2.76. The summed E-state index contributed by atoms with van der Waals surface area (Å²) in [4.78, 5) is 4.43. The van der Waals surface area contributed by atoms with Crippen LogP contribution in [0.15, 0.2) is 67.0 Å². The molecule has 0 N–H and O–H groups in total. The second kappa shape index (κ2) is 7.06. The van der Waals surface area contributed by atoms with Gasteiger partial charge in [-0.15, -0.1) is 0 Å². The first kappa shape index (κ1) is 17.4. The standard InChI is InChI=1S/C25H25NO2/c1-18-6-2-3-7-19(18)17-27-25(13-14-25)23-16-26-15-12-21(23)22-8-4-5-9-24(22)28-20-10-11-20/h2-9,12,15-16,20H,10-11,13-14,17H2,1H3. The van der Waals surface area contributed by atoms with E-state index in [0.29, 0.717) is 12.7 Å². The Balaban J connectivity index is 1.46. The van der Waals surface area contributed by atoms with E-state index in [2.05, 4.69) is 60.4 Å². The van der Waals surface area contributed by atoms with Gasteiger partial charge in [0.05, 0.1) is 18.3 Å². The molecular weight excluding hydrogens is 346 g/mol. The quantitative estimate of drug-likeness (QED) is 0.526. The van der Waals surface area contributed by atoms with Gasteiger partial charge in [-0.1, -0.05) is 42.5 Å². The number of rotatable bonds is 7. The van der Waals surface area contributed by atoms with Crippen LogP contribution in [0.4, 0.5) is 0 Å². The Bertz CT molecular complexity index is 989. The molecule has 0 radical (unpaired) electrons. The molecule has 0 bridgehead atoms. The van der Waals surface area contributed by atoms with Gasteiger partial charge in [-0.05, 0) is 61.4 Å². The second-order valence-electron chi connectivity index (χ2n) is 7.94. The monoisotopic (exact) mass is 371 g/mol. The smallest absolute Gasteiger partial charge is 0.127 e. The predicted octanol–water partition coefficient (Wildman–Crippen LogP) is 5.80. The van der Waals surface area contributed by atoms with E-state index in [1.807, 2.05) is 18.5 Å². The van der Waals surface area contributed by atoms with E-state index < -0.39 is 0 Å². The Labute approximate surface area is 166 Å². The van der Waals surface area contributed by atoms with Crippen molar-refractivity contribution in [3.8, 4) is 16.9 Å². The van der Waals surface area contributed by atoms with Crippen molar-refractivity contribution in [3.63, 3.8) is 0 Å². The topological polar surface area (TPSA) is 31.4 Å².